The van der Waals surface area contributed by atoms with Crippen molar-refractivity contribution in [2.24, 2.45) is 0 Å². The van der Waals surface area contributed by atoms with Crippen molar-refractivity contribution in [3.05, 3.63) is 28.8 Å². The van der Waals surface area contributed by atoms with E-state index in [1.54, 1.807) is 0 Å². The first kappa shape index (κ1) is 11.8. The van der Waals surface area contributed by atoms with Gasteiger partial charge in [-0.25, -0.2) is 0 Å². The van der Waals surface area contributed by atoms with Crippen LogP contribution in [0.1, 0.15) is 12.5 Å². The molecular weight excluding hydrogens is 233 g/mol. The third kappa shape index (κ3) is 2.86. The Balaban J connectivity index is 3.17. The van der Waals surface area contributed by atoms with Gasteiger partial charge in [0, 0.05) is 6.92 Å². The second-order valence-corrected chi connectivity index (χ2v) is 3.09. The van der Waals surface area contributed by atoms with Crippen molar-refractivity contribution >= 4 is 17.6 Å². The Bertz CT molecular complexity index is 387. The normalized spacial score (nSPS) is 11.3. The predicted molar refractivity (Wildman–Crippen MR) is 47.8 cm³/mol. The lowest BCUT2D eigenvalue weighted by Gasteiger charge is -2.11. The molecule has 0 spiro atoms. The summed E-state index contributed by atoms with van der Waals surface area (Å²) in [5, 5.41) is -0.611. The van der Waals surface area contributed by atoms with E-state index in [1.165, 1.54) is 6.07 Å². The molecule has 0 fully saturated rings. The monoisotopic (exact) mass is 238 g/mol. The molecule has 0 heterocycles. The molecule has 0 radical (unpaired) electrons. The summed E-state index contributed by atoms with van der Waals surface area (Å²) >= 11 is 5.44. The van der Waals surface area contributed by atoms with Crippen LogP contribution in [0.15, 0.2) is 18.2 Å². The molecule has 0 unspecified atom stereocenters. The Hall–Kier alpha value is -1.23. The minimum absolute atomic E-state index is 0.293. The van der Waals surface area contributed by atoms with Crippen molar-refractivity contribution < 1.29 is 22.7 Å². The van der Waals surface area contributed by atoms with E-state index in [2.05, 4.69) is 4.74 Å². The fourth-order valence-electron chi connectivity index (χ4n) is 0.963. The number of carbonyl (C=O) groups is 1. The van der Waals surface area contributed by atoms with Crippen molar-refractivity contribution in [3.8, 4) is 5.75 Å². The molecule has 0 saturated heterocycles. The van der Waals surface area contributed by atoms with Crippen molar-refractivity contribution in [1.82, 2.24) is 0 Å². The van der Waals surface area contributed by atoms with E-state index >= 15 is 0 Å². The van der Waals surface area contributed by atoms with Crippen LogP contribution >= 0.6 is 11.6 Å². The lowest BCUT2D eigenvalue weighted by atomic mass is 10.2. The summed E-state index contributed by atoms with van der Waals surface area (Å²) in [5.41, 5.74) is -1.03. The maximum Gasteiger partial charge on any atom is 0.417 e. The average molecular weight is 239 g/mol. The highest BCUT2D eigenvalue weighted by Gasteiger charge is 2.34. The van der Waals surface area contributed by atoms with Gasteiger partial charge in [-0.3, -0.25) is 4.79 Å². The first-order chi connectivity index (χ1) is 6.82. The largest absolute Gasteiger partial charge is 0.425 e. The van der Waals surface area contributed by atoms with Gasteiger partial charge in [0.2, 0.25) is 0 Å². The van der Waals surface area contributed by atoms with Crippen LogP contribution in [0.4, 0.5) is 13.2 Å². The van der Waals surface area contributed by atoms with Gasteiger partial charge in [-0.15, -0.1) is 0 Å². The van der Waals surface area contributed by atoms with Crippen LogP contribution in [-0.4, -0.2) is 5.97 Å². The van der Waals surface area contributed by atoms with Crippen molar-refractivity contribution in [3.63, 3.8) is 0 Å². The fraction of sp³-hybridized carbons (Fsp3) is 0.222. The van der Waals surface area contributed by atoms with E-state index in [4.69, 9.17) is 11.6 Å². The number of rotatable bonds is 1. The van der Waals surface area contributed by atoms with E-state index < -0.39 is 22.7 Å². The average Bonchev–Trinajstić information content (AvgIpc) is 2.05. The molecule has 0 aliphatic carbocycles. The van der Waals surface area contributed by atoms with E-state index in [0.29, 0.717) is 0 Å². The fourth-order valence-corrected chi connectivity index (χ4v) is 1.24. The topological polar surface area (TPSA) is 26.3 Å². The Morgan fingerprint density at radius 2 is 2.00 bits per heavy atom. The molecule has 0 aliphatic rings. The molecule has 0 amide bonds. The highest BCUT2D eigenvalue weighted by molar-refractivity contribution is 6.33. The Morgan fingerprint density at radius 3 is 2.47 bits per heavy atom. The number of halogens is 4. The molecule has 15 heavy (non-hydrogen) atoms. The first-order valence-corrected chi connectivity index (χ1v) is 4.24. The lowest BCUT2D eigenvalue weighted by Crippen LogP contribution is -2.08. The van der Waals surface area contributed by atoms with Gasteiger partial charge in [-0.2, -0.15) is 13.2 Å². The van der Waals surface area contributed by atoms with E-state index in [0.717, 1.165) is 19.1 Å². The predicted octanol–water partition coefficient (Wildman–Crippen LogP) is 3.28. The molecule has 0 atom stereocenters. The van der Waals surface area contributed by atoms with Gasteiger partial charge >= 0.3 is 12.1 Å². The van der Waals surface area contributed by atoms with Crippen LogP contribution < -0.4 is 4.74 Å². The van der Waals surface area contributed by atoms with E-state index in [9.17, 15) is 18.0 Å². The minimum atomic E-state index is -4.56. The molecule has 0 bridgehead atoms. The molecule has 0 aromatic heterocycles. The Morgan fingerprint density at radius 1 is 1.40 bits per heavy atom. The zero-order valence-electron chi connectivity index (χ0n) is 7.56. The number of hydrogen-bond acceptors (Lipinski definition) is 2. The molecule has 0 saturated carbocycles. The molecule has 0 aliphatic heterocycles. The zero-order chi connectivity index (χ0) is 11.6. The molecule has 82 valence electrons. The van der Waals surface area contributed by atoms with Gasteiger partial charge in [0.25, 0.3) is 0 Å². The SMILES string of the molecule is CC(=O)Oc1cccc(C(F)(F)F)c1Cl. The Labute approximate surface area is 88.6 Å². The second-order valence-electron chi connectivity index (χ2n) is 2.71. The molecule has 6 heteroatoms. The third-order valence-electron chi connectivity index (χ3n) is 1.52. The number of benzene rings is 1. The standard InChI is InChI=1S/C9H6ClF3O2/c1-5(14)15-7-4-2-3-6(8(7)10)9(11,12)13/h2-4H,1H3. The van der Waals surface area contributed by atoms with Gasteiger partial charge in [-0.05, 0) is 12.1 Å². The van der Waals surface area contributed by atoms with Crippen LogP contribution in [0.2, 0.25) is 5.02 Å². The van der Waals surface area contributed by atoms with Gasteiger partial charge in [0.05, 0.1) is 10.6 Å². The van der Waals surface area contributed by atoms with E-state index in [1.807, 2.05) is 0 Å². The highest BCUT2D eigenvalue weighted by Crippen LogP contribution is 2.39. The summed E-state index contributed by atoms with van der Waals surface area (Å²) in [7, 11) is 0. The smallest absolute Gasteiger partial charge is 0.417 e. The van der Waals surface area contributed by atoms with Crippen LogP contribution in [0.25, 0.3) is 0 Å². The van der Waals surface area contributed by atoms with Crippen LogP contribution in [-0.2, 0) is 11.0 Å². The number of alkyl halides is 3. The van der Waals surface area contributed by atoms with Gasteiger partial charge < -0.3 is 4.74 Å². The van der Waals surface area contributed by atoms with Gasteiger partial charge in [-0.1, -0.05) is 17.7 Å². The third-order valence-corrected chi connectivity index (χ3v) is 1.91. The molecule has 0 N–H and O–H groups in total. The Kier molecular flexibility index (Phi) is 3.24. The van der Waals surface area contributed by atoms with Crippen molar-refractivity contribution in [2.75, 3.05) is 0 Å². The minimum Gasteiger partial charge on any atom is -0.425 e. The second kappa shape index (κ2) is 4.10. The van der Waals surface area contributed by atoms with Crippen molar-refractivity contribution in [1.29, 1.82) is 0 Å². The molecule has 1 rings (SSSR count). The van der Waals surface area contributed by atoms with E-state index in [-0.39, 0.29) is 5.75 Å². The summed E-state index contributed by atoms with van der Waals surface area (Å²) < 4.78 is 41.5. The molecule has 1 aromatic rings. The quantitative estimate of drug-likeness (QED) is 0.554. The zero-order valence-corrected chi connectivity index (χ0v) is 8.32. The number of ether oxygens (including phenoxy) is 1. The molecular formula is C9H6ClF3O2. The van der Waals surface area contributed by atoms with Gasteiger partial charge in [0.1, 0.15) is 5.75 Å². The maximum atomic E-state index is 12.3. The number of carbonyl (C=O) groups excluding carboxylic acids is 1. The highest BCUT2D eigenvalue weighted by atomic mass is 35.5. The summed E-state index contributed by atoms with van der Waals surface area (Å²) in [4.78, 5) is 10.6. The van der Waals surface area contributed by atoms with Crippen LogP contribution in [0, 0.1) is 0 Å². The summed E-state index contributed by atoms with van der Waals surface area (Å²) in [6, 6.07) is 3.13. The summed E-state index contributed by atoms with van der Waals surface area (Å²) in [5.74, 6) is -1.02. The maximum absolute atomic E-state index is 12.3. The number of hydrogen-bond donors (Lipinski definition) is 0. The molecule has 2 nitrogen and oxygen atoms in total. The number of esters is 1. The summed E-state index contributed by atoms with van der Waals surface area (Å²) in [6.07, 6.45) is -4.56. The van der Waals surface area contributed by atoms with Gasteiger partial charge in [0.15, 0.2) is 0 Å². The lowest BCUT2D eigenvalue weighted by molar-refractivity contribution is -0.138. The van der Waals surface area contributed by atoms with Crippen molar-refractivity contribution in [2.45, 2.75) is 13.1 Å². The summed E-state index contributed by atoms with van der Waals surface area (Å²) in [6.45, 7) is 1.08. The van der Waals surface area contributed by atoms with Crippen LogP contribution in [0.3, 0.4) is 0 Å². The molecule has 1 aromatic carbocycles. The van der Waals surface area contributed by atoms with Crippen LogP contribution in [0.5, 0.6) is 5.75 Å². The first-order valence-electron chi connectivity index (χ1n) is 3.86.